The molecule has 31 heavy (non-hydrogen) atoms. The zero-order chi connectivity index (χ0) is 22.2. The number of carboxylic acid groups (broad SMARTS) is 1. The fourth-order valence-corrected chi connectivity index (χ4v) is 6.54. The van der Waals surface area contributed by atoms with Crippen LogP contribution in [-0.4, -0.2) is 28.1 Å². The highest BCUT2D eigenvalue weighted by Crippen LogP contribution is 2.62. The van der Waals surface area contributed by atoms with Crippen molar-refractivity contribution in [3.63, 3.8) is 0 Å². The minimum Gasteiger partial charge on any atom is -0.508 e. The second kappa shape index (κ2) is 8.65. The molecule has 1 aromatic carbocycles. The smallest absolute Gasteiger partial charge is 0.303 e. The highest BCUT2D eigenvalue weighted by atomic mass is 32.1. The van der Waals surface area contributed by atoms with Crippen molar-refractivity contribution in [3.8, 4) is 5.75 Å². The van der Waals surface area contributed by atoms with Gasteiger partial charge in [0.1, 0.15) is 5.75 Å². The molecule has 0 aliphatic heterocycles. The number of phenolic OH excluding ortho intramolecular Hbond substituents is 1. The zero-order valence-electron chi connectivity index (χ0n) is 18.1. The van der Waals surface area contributed by atoms with Gasteiger partial charge in [0.05, 0.1) is 5.56 Å². The normalized spacial score (nSPS) is 26.6. The average Bonchev–Trinajstić information content (AvgIpc) is 3.13. The van der Waals surface area contributed by atoms with Crippen LogP contribution in [0.3, 0.4) is 0 Å². The number of carbonyl (C=O) groups is 2. The molecule has 0 spiro atoms. The number of phenols is 1. The van der Waals surface area contributed by atoms with Gasteiger partial charge in [-0.3, -0.25) is 9.59 Å². The molecule has 3 aliphatic carbocycles. The quantitative estimate of drug-likeness (QED) is 0.368. The van der Waals surface area contributed by atoms with Crippen LogP contribution in [0.25, 0.3) is 10.1 Å². The Balaban J connectivity index is 1.45. The van der Waals surface area contributed by atoms with Crippen molar-refractivity contribution >= 4 is 33.3 Å². The Kier molecular flexibility index (Phi) is 6.11. The van der Waals surface area contributed by atoms with Crippen molar-refractivity contribution in [1.82, 2.24) is 5.32 Å². The molecule has 6 heteroatoms. The Morgan fingerprint density at radius 2 is 2.06 bits per heavy atom. The SMILES string of the molecule is CC1(C)[C@@H]2C[C@H](NC(=O)c3csc4ccc(O)cc34)[C@@H](C/C=C\CCCC(=O)O)[C@H]1C2. The van der Waals surface area contributed by atoms with Gasteiger partial charge >= 0.3 is 5.97 Å². The van der Waals surface area contributed by atoms with Crippen LogP contribution in [0, 0.1) is 23.2 Å². The summed E-state index contributed by atoms with van der Waals surface area (Å²) >= 11 is 1.52. The van der Waals surface area contributed by atoms with Crippen LogP contribution in [0.5, 0.6) is 5.75 Å². The Labute approximate surface area is 187 Å². The molecule has 3 saturated carbocycles. The topological polar surface area (TPSA) is 86.6 Å². The van der Waals surface area contributed by atoms with Crippen molar-refractivity contribution < 1.29 is 19.8 Å². The summed E-state index contributed by atoms with van der Waals surface area (Å²) in [5.41, 5.74) is 0.946. The molecule has 1 aromatic heterocycles. The van der Waals surface area contributed by atoms with Crippen molar-refractivity contribution in [2.75, 3.05) is 0 Å². The summed E-state index contributed by atoms with van der Waals surface area (Å²) in [5, 5.41) is 24.6. The van der Waals surface area contributed by atoms with E-state index in [-0.39, 0.29) is 24.1 Å². The predicted octanol–water partition coefficient (Wildman–Crippen LogP) is 5.59. The third-order valence-electron chi connectivity index (χ3n) is 7.57. The first-order valence-electron chi connectivity index (χ1n) is 11.1. The Bertz CT molecular complexity index is 1010. The number of aliphatic carboxylic acids is 1. The van der Waals surface area contributed by atoms with Gasteiger partial charge in [-0.25, -0.2) is 0 Å². The maximum Gasteiger partial charge on any atom is 0.303 e. The lowest BCUT2D eigenvalue weighted by atomic mass is 9.44. The fraction of sp³-hybridized carbons (Fsp3) is 0.520. The molecule has 0 unspecified atom stereocenters. The summed E-state index contributed by atoms with van der Waals surface area (Å²) in [7, 11) is 0. The first kappa shape index (κ1) is 21.9. The molecule has 1 amide bonds. The van der Waals surface area contributed by atoms with Crippen LogP contribution < -0.4 is 5.32 Å². The second-order valence-corrected chi connectivity index (χ2v) is 10.6. The standard InChI is InChI=1S/C25H31NO4S/c1-25(2)15-11-20(25)17(7-5-3-4-6-8-23(28)29)21(12-15)26-24(30)19-14-31-22-10-9-16(27)13-18(19)22/h3,5,9-10,13-15,17,20-21,27H,4,6-8,11-12H2,1-2H3,(H,26,30)(H,28,29)/b5-3-/t15-,17-,20+,21-/m0/s1. The van der Waals surface area contributed by atoms with Crippen LogP contribution >= 0.6 is 11.3 Å². The number of benzene rings is 1. The van der Waals surface area contributed by atoms with Crippen molar-refractivity contribution in [1.29, 1.82) is 0 Å². The van der Waals surface area contributed by atoms with Crippen LogP contribution in [0.1, 0.15) is 62.7 Å². The van der Waals surface area contributed by atoms with E-state index in [2.05, 4.69) is 31.3 Å². The lowest BCUT2D eigenvalue weighted by Gasteiger charge is -2.62. The van der Waals surface area contributed by atoms with Crippen LogP contribution in [0.15, 0.2) is 35.7 Å². The lowest BCUT2D eigenvalue weighted by molar-refractivity contribution is -0.137. The number of fused-ring (bicyclic) bond motifs is 3. The monoisotopic (exact) mass is 441 g/mol. The van der Waals surface area contributed by atoms with E-state index in [4.69, 9.17) is 5.11 Å². The van der Waals surface area contributed by atoms with Gasteiger partial charge in [0, 0.05) is 27.9 Å². The number of carboxylic acids is 1. The second-order valence-electron chi connectivity index (χ2n) is 9.66. The number of thiophene rings is 1. The summed E-state index contributed by atoms with van der Waals surface area (Å²) in [5.74, 6) is 0.978. The third kappa shape index (κ3) is 4.36. The van der Waals surface area contributed by atoms with Gasteiger partial charge in [0.2, 0.25) is 0 Å². The van der Waals surface area contributed by atoms with Crippen LogP contribution in [0.4, 0.5) is 0 Å². The number of unbranched alkanes of at least 4 members (excludes halogenated alkanes) is 1. The number of nitrogens with one attached hydrogen (secondary N) is 1. The number of hydrogen-bond donors (Lipinski definition) is 3. The molecular formula is C25H31NO4S. The number of carbonyl (C=O) groups excluding carboxylic acids is 1. The molecule has 3 N–H and O–H groups in total. The maximum absolute atomic E-state index is 13.1. The van der Waals surface area contributed by atoms with Gasteiger partial charge in [0.25, 0.3) is 5.91 Å². The number of allylic oxidation sites excluding steroid dienone is 2. The summed E-state index contributed by atoms with van der Waals surface area (Å²) in [6, 6.07) is 5.30. The first-order valence-corrected chi connectivity index (χ1v) is 12.0. The summed E-state index contributed by atoms with van der Waals surface area (Å²) in [4.78, 5) is 23.8. The third-order valence-corrected chi connectivity index (χ3v) is 8.54. The molecule has 0 saturated heterocycles. The number of hydrogen-bond acceptors (Lipinski definition) is 4. The predicted molar refractivity (Wildman–Crippen MR) is 123 cm³/mol. The first-order chi connectivity index (χ1) is 14.8. The maximum atomic E-state index is 13.1. The van der Waals surface area contributed by atoms with Crippen LogP contribution in [0.2, 0.25) is 0 Å². The number of amides is 1. The minimum absolute atomic E-state index is 0.0589. The minimum atomic E-state index is -0.750. The van der Waals surface area contributed by atoms with E-state index in [9.17, 15) is 14.7 Å². The summed E-state index contributed by atoms with van der Waals surface area (Å²) in [6.07, 6.45) is 9.04. The van der Waals surface area contributed by atoms with Gasteiger partial charge in [-0.1, -0.05) is 26.0 Å². The zero-order valence-corrected chi connectivity index (χ0v) is 19.0. The van der Waals surface area contributed by atoms with E-state index < -0.39 is 5.97 Å². The highest BCUT2D eigenvalue weighted by molar-refractivity contribution is 7.17. The van der Waals surface area contributed by atoms with Crippen molar-refractivity contribution in [2.45, 2.75) is 58.4 Å². The van der Waals surface area contributed by atoms with E-state index in [1.807, 2.05) is 11.4 Å². The van der Waals surface area contributed by atoms with E-state index in [1.165, 1.54) is 17.8 Å². The van der Waals surface area contributed by atoms with Gasteiger partial charge in [-0.05, 0) is 73.5 Å². The van der Waals surface area contributed by atoms with Crippen molar-refractivity contribution in [3.05, 3.63) is 41.3 Å². The molecule has 3 aliphatic rings. The molecule has 166 valence electrons. The molecule has 2 bridgehead atoms. The average molecular weight is 442 g/mol. The fourth-order valence-electron chi connectivity index (χ4n) is 5.62. The number of aromatic hydroxyl groups is 1. The highest BCUT2D eigenvalue weighted by Gasteiger charge is 2.57. The largest absolute Gasteiger partial charge is 0.508 e. The van der Waals surface area contributed by atoms with Gasteiger partial charge in [-0.2, -0.15) is 0 Å². The van der Waals surface area contributed by atoms with E-state index >= 15 is 0 Å². The van der Waals surface area contributed by atoms with Gasteiger partial charge < -0.3 is 15.5 Å². The molecule has 5 nitrogen and oxygen atoms in total. The Morgan fingerprint density at radius 3 is 2.81 bits per heavy atom. The van der Waals surface area contributed by atoms with Crippen molar-refractivity contribution in [2.24, 2.45) is 23.2 Å². The molecule has 2 aromatic rings. The summed E-state index contributed by atoms with van der Waals surface area (Å²) in [6.45, 7) is 4.70. The van der Waals surface area contributed by atoms with E-state index in [0.29, 0.717) is 35.2 Å². The molecular weight excluding hydrogens is 410 g/mol. The molecule has 1 heterocycles. The molecule has 4 atom stereocenters. The summed E-state index contributed by atoms with van der Waals surface area (Å²) < 4.78 is 0.997. The van der Waals surface area contributed by atoms with E-state index in [1.54, 1.807) is 12.1 Å². The molecule has 0 radical (unpaired) electrons. The Morgan fingerprint density at radius 1 is 1.26 bits per heavy atom. The van der Waals surface area contributed by atoms with E-state index in [0.717, 1.165) is 29.3 Å². The lowest BCUT2D eigenvalue weighted by Crippen LogP contribution is -2.61. The van der Waals surface area contributed by atoms with Crippen LogP contribution in [-0.2, 0) is 4.79 Å². The molecule has 5 rings (SSSR count). The van der Waals surface area contributed by atoms with Gasteiger partial charge in [0.15, 0.2) is 0 Å². The number of rotatable bonds is 8. The van der Waals surface area contributed by atoms with Gasteiger partial charge in [-0.15, -0.1) is 11.3 Å². The Hall–Kier alpha value is -2.34. The molecule has 3 fully saturated rings.